The van der Waals surface area contributed by atoms with Crippen LogP contribution in [-0.2, 0) is 9.53 Å². The number of hydrogen-bond acceptors (Lipinski definition) is 7. The number of H-pyrrole nitrogens is 1. The van der Waals surface area contributed by atoms with Crippen molar-refractivity contribution in [2.75, 3.05) is 23.9 Å². The third-order valence-corrected chi connectivity index (χ3v) is 6.32. The Balaban J connectivity index is 1.98. The Labute approximate surface area is 200 Å². The molecule has 5 N–H and O–H groups in total. The van der Waals surface area contributed by atoms with Gasteiger partial charge in [-0.15, -0.1) is 5.10 Å². The first-order valence-electron chi connectivity index (χ1n) is 11.8. The Morgan fingerprint density at radius 2 is 1.97 bits per heavy atom. The third-order valence-electron chi connectivity index (χ3n) is 6.32. The summed E-state index contributed by atoms with van der Waals surface area (Å²) in [6.45, 7) is 7.14. The fraction of sp³-hybridized carbons (Fsp3) is 0.583. The molecule has 0 spiro atoms. The van der Waals surface area contributed by atoms with Crippen LogP contribution in [0.3, 0.4) is 0 Å². The highest BCUT2D eigenvalue weighted by molar-refractivity contribution is 5.89. The van der Waals surface area contributed by atoms with E-state index in [-0.39, 0.29) is 24.1 Å². The molecule has 0 bridgehead atoms. The number of aromatic amines is 1. The summed E-state index contributed by atoms with van der Waals surface area (Å²) in [5, 5.41) is 19.1. The van der Waals surface area contributed by atoms with E-state index in [4.69, 9.17) is 10.5 Å². The van der Waals surface area contributed by atoms with Crippen molar-refractivity contribution in [3.8, 4) is 0 Å². The molecule has 1 aromatic carbocycles. The first-order chi connectivity index (χ1) is 16.2. The van der Waals surface area contributed by atoms with Crippen LogP contribution in [0.25, 0.3) is 0 Å². The van der Waals surface area contributed by atoms with Crippen molar-refractivity contribution in [1.29, 1.82) is 0 Å². The predicted octanol–water partition coefficient (Wildman–Crippen LogP) is 3.65. The van der Waals surface area contributed by atoms with E-state index in [1.807, 2.05) is 25.1 Å². The molecular formula is C24H36N6O4. The number of rotatable bonds is 11. The number of aliphatic carboxylic acids is 1. The van der Waals surface area contributed by atoms with E-state index in [0.717, 1.165) is 49.2 Å². The molecule has 1 atom stereocenters. The number of nitrogens with two attached hydrogens (primary N) is 1. The van der Waals surface area contributed by atoms with Crippen LogP contribution in [0.4, 0.5) is 17.3 Å². The molecule has 34 heavy (non-hydrogen) atoms. The molecule has 1 aromatic heterocycles. The number of nitrogens with zero attached hydrogens (tertiary/aromatic N) is 3. The number of aromatic nitrogens is 3. The number of hydrogen-bond donors (Lipinski definition) is 4. The zero-order chi connectivity index (χ0) is 24.8. The van der Waals surface area contributed by atoms with Crippen LogP contribution in [0, 0.1) is 5.92 Å². The normalized spacial score (nSPS) is 19.1. The lowest BCUT2D eigenvalue weighted by Gasteiger charge is -2.40. The van der Waals surface area contributed by atoms with Gasteiger partial charge in [0.25, 0.3) is 5.91 Å². The summed E-state index contributed by atoms with van der Waals surface area (Å²) in [4.78, 5) is 29.3. The van der Waals surface area contributed by atoms with Crippen LogP contribution < -0.4 is 16.0 Å². The number of anilines is 3. The number of methoxy groups -OCH3 is 1. The van der Waals surface area contributed by atoms with E-state index in [1.54, 1.807) is 7.11 Å². The van der Waals surface area contributed by atoms with E-state index in [2.05, 4.69) is 39.2 Å². The highest BCUT2D eigenvalue weighted by atomic mass is 16.5. The Morgan fingerprint density at radius 3 is 2.53 bits per heavy atom. The van der Waals surface area contributed by atoms with Crippen molar-refractivity contribution in [2.24, 2.45) is 11.7 Å². The maximum atomic E-state index is 11.5. The van der Waals surface area contributed by atoms with Gasteiger partial charge in [-0.1, -0.05) is 26.8 Å². The van der Waals surface area contributed by atoms with Crippen molar-refractivity contribution in [3.05, 3.63) is 29.6 Å². The van der Waals surface area contributed by atoms with E-state index in [0.29, 0.717) is 18.1 Å². The van der Waals surface area contributed by atoms with E-state index < -0.39 is 11.9 Å². The summed E-state index contributed by atoms with van der Waals surface area (Å²) in [7, 11) is 1.77. The molecule has 1 saturated carbocycles. The van der Waals surface area contributed by atoms with Crippen LogP contribution in [0.15, 0.2) is 18.2 Å². The van der Waals surface area contributed by atoms with Gasteiger partial charge in [0.05, 0.1) is 23.9 Å². The lowest BCUT2D eigenvalue weighted by atomic mass is 9.90. The number of carbonyl (C=O) groups is 2. The van der Waals surface area contributed by atoms with Gasteiger partial charge in [-0.25, -0.2) is 0 Å². The molecule has 0 unspecified atom stereocenters. The summed E-state index contributed by atoms with van der Waals surface area (Å²) in [5.74, 6) is -1.08. The Morgan fingerprint density at radius 1 is 1.26 bits per heavy atom. The zero-order valence-electron chi connectivity index (χ0n) is 20.4. The molecule has 1 aliphatic rings. The Kier molecular flexibility index (Phi) is 8.49. The first kappa shape index (κ1) is 25.5. The van der Waals surface area contributed by atoms with Crippen molar-refractivity contribution in [1.82, 2.24) is 15.2 Å². The Bertz CT molecular complexity index is 984. The van der Waals surface area contributed by atoms with Crippen LogP contribution in [0.2, 0.25) is 0 Å². The average molecular weight is 473 g/mol. The van der Waals surface area contributed by atoms with Crippen LogP contribution >= 0.6 is 0 Å². The molecule has 186 valence electrons. The van der Waals surface area contributed by atoms with Crippen LogP contribution in [0.5, 0.6) is 0 Å². The maximum Gasteiger partial charge on any atom is 0.303 e. The predicted molar refractivity (Wildman–Crippen MR) is 131 cm³/mol. The van der Waals surface area contributed by atoms with Gasteiger partial charge in [0, 0.05) is 19.7 Å². The molecule has 0 radical (unpaired) electrons. The number of carboxylic acid groups (broad SMARTS) is 1. The molecule has 3 rings (SSSR count). The molecule has 0 aliphatic heterocycles. The third kappa shape index (κ3) is 6.47. The van der Waals surface area contributed by atoms with Crippen molar-refractivity contribution < 1.29 is 19.4 Å². The molecule has 1 amide bonds. The topological polar surface area (TPSA) is 146 Å². The maximum absolute atomic E-state index is 11.5. The van der Waals surface area contributed by atoms with Gasteiger partial charge in [0.15, 0.2) is 0 Å². The van der Waals surface area contributed by atoms with Gasteiger partial charge in [0.2, 0.25) is 11.8 Å². The molecule has 2 aromatic rings. The molecule has 1 aliphatic carbocycles. The van der Waals surface area contributed by atoms with Crippen LogP contribution in [0.1, 0.15) is 75.0 Å². The monoisotopic (exact) mass is 472 g/mol. The van der Waals surface area contributed by atoms with Gasteiger partial charge in [-0.2, -0.15) is 4.98 Å². The molecule has 1 fully saturated rings. The average Bonchev–Trinajstić information content (AvgIpc) is 3.26. The largest absolute Gasteiger partial charge is 0.481 e. The molecule has 10 nitrogen and oxygen atoms in total. The lowest BCUT2D eigenvalue weighted by Crippen LogP contribution is -2.41. The van der Waals surface area contributed by atoms with E-state index in [1.165, 1.54) is 0 Å². The van der Waals surface area contributed by atoms with Gasteiger partial charge in [0.1, 0.15) is 0 Å². The quantitative estimate of drug-likeness (QED) is 0.388. The van der Waals surface area contributed by atoms with Gasteiger partial charge < -0.3 is 25.8 Å². The molecule has 0 saturated heterocycles. The number of primary amides is 1. The van der Waals surface area contributed by atoms with Gasteiger partial charge >= 0.3 is 5.97 Å². The summed E-state index contributed by atoms with van der Waals surface area (Å²) < 4.78 is 5.57. The number of amides is 1. The Hall–Kier alpha value is -3.14. The lowest BCUT2D eigenvalue weighted by molar-refractivity contribution is -0.137. The van der Waals surface area contributed by atoms with E-state index >= 15 is 0 Å². The number of ether oxygens (including phenoxy) is 1. The number of carbonyl (C=O) groups excluding carboxylic acids is 1. The second-order valence-corrected chi connectivity index (χ2v) is 9.48. The number of nitrogens with one attached hydrogen (secondary N) is 2. The second-order valence-electron chi connectivity index (χ2n) is 9.48. The number of carboxylic acids is 1. The highest BCUT2D eigenvalue weighted by Crippen LogP contribution is 2.37. The van der Waals surface area contributed by atoms with Crippen molar-refractivity contribution in [3.63, 3.8) is 0 Å². The smallest absolute Gasteiger partial charge is 0.303 e. The minimum Gasteiger partial charge on any atom is -0.481 e. The van der Waals surface area contributed by atoms with Gasteiger partial charge in [-0.3, -0.25) is 14.7 Å². The van der Waals surface area contributed by atoms with Crippen LogP contribution in [-0.4, -0.2) is 58.0 Å². The minimum atomic E-state index is -0.845. The van der Waals surface area contributed by atoms with Gasteiger partial charge in [-0.05, 0) is 55.2 Å². The minimum absolute atomic E-state index is 0.0298. The summed E-state index contributed by atoms with van der Waals surface area (Å²) in [6.07, 6.45) is 4.39. The van der Waals surface area contributed by atoms with Crippen molar-refractivity contribution in [2.45, 2.75) is 70.9 Å². The number of benzene rings is 1. The SMILES string of the molecule is CO[C@H]1CC[C@H](N(CC(C)C)c2ccc([C@H](C)CC(=O)O)cc2Nc2n[nH]c(C(N)=O)n2)CC1. The fourth-order valence-corrected chi connectivity index (χ4v) is 4.57. The highest BCUT2D eigenvalue weighted by Gasteiger charge is 2.28. The summed E-state index contributed by atoms with van der Waals surface area (Å²) >= 11 is 0. The van der Waals surface area contributed by atoms with E-state index in [9.17, 15) is 14.7 Å². The van der Waals surface area contributed by atoms with Crippen molar-refractivity contribution >= 4 is 29.2 Å². The molecule has 1 heterocycles. The zero-order valence-corrected chi connectivity index (χ0v) is 20.4. The fourth-order valence-electron chi connectivity index (χ4n) is 4.57. The standard InChI is InChI=1S/C24H36N6O4/c1-14(2)13-30(17-6-8-18(34-4)9-7-17)20-10-5-16(15(3)11-21(31)32)12-19(20)26-24-27-23(22(25)33)28-29-24/h5,10,12,14-15,17-18H,6-9,11,13H2,1-4H3,(H2,25,33)(H,31,32)(H2,26,27,28,29)/t15-,17-,18-/m1/s1. The first-order valence-corrected chi connectivity index (χ1v) is 11.8. The summed E-state index contributed by atoms with van der Waals surface area (Å²) in [5.41, 5.74) is 7.96. The second kappa shape index (κ2) is 11.3. The molecular weight excluding hydrogens is 436 g/mol. The summed E-state index contributed by atoms with van der Waals surface area (Å²) in [6, 6.07) is 6.35. The molecule has 10 heteroatoms.